The largest absolute Gasteiger partial charge is 0.507 e. The smallest absolute Gasteiger partial charge is 0.339 e. The zero-order valence-electron chi connectivity index (χ0n) is 31.5. The van der Waals surface area contributed by atoms with Gasteiger partial charge in [0.1, 0.15) is 33.4 Å². The first-order chi connectivity index (χ1) is 26.9. The molecule has 3 aromatic carbocycles. The van der Waals surface area contributed by atoms with Crippen molar-refractivity contribution in [2.24, 2.45) is 15.3 Å². The van der Waals surface area contributed by atoms with E-state index in [-0.39, 0.29) is 34.4 Å². The lowest BCUT2D eigenvalue weighted by molar-refractivity contribution is -0.119. The summed E-state index contributed by atoms with van der Waals surface area (Å²) in [6.07, 6.45) is 17.8. The first-order valence-electron chi connectivity index (χ1n) is 19.1. The number of ether oxygens (including phenoxy) is 1. The Hall–Kier alpha value is -4.86. The molecule has 4 N–H and O–H groups in total. The van der Waals surface area contributed by atoms with Crippen molar-refractivity contribution in [2.45, 2.75) is 121 Å². The summed E-state index contributed by atoms with van der Waals surface area (Å²) < 4.78 is 40.5. The Labute approximate surface area is 332 Å². The van der Waals surface area contributed by atoms with Crippen LogP contribution in [-0.2, 0) is 19.7 Å². The number of carbonyl (C=O) groups is 3. The molecule has 0 saturated heterocycles. The Morgan fingerprint density at radius 1 is 0.875 bits per heavy atom. The first kappa shape index (κ1) is 43.9. The average molecular weight is 812 g/mol. The van der Waals surface area contributed by atoms with Gasteiger partial charge < -0.3 is 20.3 Å². The highest BCUT2D eigenvalue weighted by atomic mass is 35.5. The van der Waals surface area contributed by atoms with Crippen LogP contribution >= 0.6 is 11.6 Å². The topological polar surface area (TPSA) is 208 Å². The van der Waals surface area contributed by atoms with Crippen LogP contribution in [0.1, 0.15) is 120 Å². The summed E-state index contributed by atoms with van der Waals surface area (Å²) in [6, 6.07) is 12.2. The standard InChI is InChI=1S/C40H50ClN5O9S/c1-2-3-4-5-6-7-8-9-10-11-12-13-14-15-19-22-36(48)42-38-37(44-43-32-26-30(40(50)51)33(47)27-31(32)41)39(49)46(45-38)28-23-24-34(35(25-28)56(52,53)54)55-29-20-17-16-18-21-29/h16-18,20-21,23-27,37,47H,2-15,19,22H2,1H3,(H,50,51)(H,42,45,48)(H,52,53,54)/t37-/m0/s1. The highest BCUT2D eigenvalue weighted by molar-refractivity contribution is 7.86. The van der Waals surface area contributed by atoms with Crippen LogP contribution in [0.5, 0.6) is 17.2 Å². The fourth-order valence-electron chi connectivity index (χ4n) is 6.14. The summed E-state index contributed by atoms with van der Waals surface area (Å²) in [5.41, 5.74) is -0.803. The average Bonchev–Trinajstić information content (AvgIpc) is 3.46. The van der Waals surface area contributed by atoms with E-state index in [9.17, 15) is 37.6 Å². The van der Waals surface area contributed by atoms with Crippen molar-refractivity contribution in [2.75, 3.05) is 5.01 Å². The molecule has 1 aliphatic rings. The summed E-state index contributed by atoms with van der Waals surface area (Å²) in [6.45, 7) is 2.23. The molecule has 56 heavy (non-hydrogen) atoms. The predicted octanol–water partition coefficient (Wildman–Crippen LogP) is 9.97. The quantitative estimate of drug-likeness (QED) is 0.0407. The normalized spacial score (nSPS) is 14.3. The second kappa shape index (κ2) is 22.0. The van der Waals surface area contributed by atoms with Crippen molar-refractivity contribution in [3.8, 4) is 17.2 Å². The molecule has 0 aromatic heterocycles. The maximum absolute atomic E-state index is 13.8. The maximum Gasteiger partial charge on any atom is 0.339 e. The lowest BCUT2D eigenvalue weighted by Gasteiger charge is -2.15. The van der Waals surface area contributed by atoms with E-state index in [1.807, 2.05) is 0 Å². The molecule has 0 aliphatic carbocycles. The van der Waals surface area contributed by atoms with Crippen molar-refractivity contribution < 1.29 is 42.3 Å². The predicted molar refractivity (Wildman–Crippen MR) is 214 cm³/mol. The monoisotopic (exact) mass is 811 g/mol. The highest BCUT2D eigenvalue weighted by Crippen LogP contribution is 2.35. The number of halogens is 1. The Morgan fingerprint density at radius 3 is 2.04 bits per heavy atom. The van der Waals surface area contributed by atoms with Gasteiger partial charge in [-0.1, -0.05) is 127 Å². The van der Waals surface area contributed by atoms with Crippen LogP contribution in [0.4, 0.5) is 11.4 Å². The molecule has 14 nitrogen and oxygen atoms in total. The van der Waals surface area contributed by atoms with Gasteiger partial charge in [-0.2, -0.15) is 23.7 Å². The van der Waals surface area contributed by atoms with Gasteiger partial charge in [-0.15, -0.1) is 5.10 Å². The molecular formula is C40H50ClN5O9S. The van der Waals surface area contributed by atoms with Crippen molar-refractivity contribution >= 4 is 56.7 Å². The van der Waals surface area contributed by atoms with Crippen molar-refractivity contribution in [1.82, 2.24) is 5.32 Å². The zero-order chi connectivity index (χ0) is 40.5. The van der Waals surface area contributed by atoms with Crippen LogP contribution in [-0.4, -0.2) is 52.8 Å². The lowest BCUT2D eigenvalue weighted by Crippen LogP contribution is -2.39. The summed E-state index contributed by atoms with van der Waals surface area (Å²) >= 11 is 6.17. The molecule has 0 radical (unpaired) electrons. The fraction of sp³-hybridized carbons (Fsp3) is 0.450. The number of carbonyl (C=O) groups excluding carboxylic acids is 2. The molecule has 0 fully saturated rings. The van der Waals surface area contributed by atoms with Gasteiger partial charge in [0.15, 0.2) is 5.84 Å². The summed E-state index contributed by atoms with van der Waals surface area (Å²) in [5.74, 6) is -3.51. The van der Waals surface area contributed by atoms with Crippen molar-refractivity contribution in [1.29, 1.82) is 0 Å². The van der Waals surface area contributed by atoms with E-state index >= 15 is 0 Å². The number of para-hydroxylation sites is 1. The van der Waals surface area contributed by atoms with Gasteiger partial charge in [-0.3, -0.25) is 14.1 Å². The van der Waals surface area contributed by atoms with Gasteiger partial charge >= 0.3 is 5.97 Å². The zero-order valence-corrected chi connectivity index (χ0v) is 33.1. The van der Waals surface area contributed by atoms with Gasteiger partial charge in [0.2, 0.25) is 11.9 Å². The summed E-state index contributed by atoms with van der Waals surface area (Å²) in [7, 11) is -4.87. The third-order valence-electron chi connectivity index (χ3n) is 9.18. The molecular weight excluding hydrogens is 762 g/mol. The van der Waals surface area contributed by atoms with Gasteiger partial charge in [-0.05, 0) is 42.8 Å². The van der Waals surface area contributed by atoms with Gasteiger partial charge in [0.05, 0.1) is 10.7 Å². The van der Waals surface area contributed by atoms with E-state index < -0.39 is 50.2 Å². The number of carboxylic acid groups (broad SMARTS) is 1. The molecule has 1 atom stereocenters. The second-order valence-electron chi connectivity index (χ2n) is 13.6. The molecule has 302 valence electrons. The molecule has 3 aromatic rings. The number of anilines is 1. The number of carboxylic acids is 1. The number of hydrogen-bond acceptors (Lipinski definition) is 10. The number of phenols is 1. The molecule has 0 saturated carbocycles. The van der Waals surface area contributed by atoms with E-state index in [1.54, 1.807) is 30.3 Å². The Kier molecular flexibility index (Phi) is 17.3. The molecule has 4 rings (SSSR count). The van der Waals surface area contributed by atoms with Crippen LogP contribution in [0.15, 0.2) is 80.9 Å². The number of amidine groups is 1. The van der Waals surface area contributed by atoms with E-state index in [2.05, 4.69) is 27.6 Å². The van der Waals surface area contributed by atoms with Gasteiger partial charge in [0, 0.05) is 12.5 Å². The third-order valence-corrected chi connectivity index (χ3v) is 10.4. The van der Waals surface area contributed by atoms with E-state index in [1.165, 1.54) is 76.3 Å². The minimum absolute atomic E-state index is 0.106. The van der Waals surface area contributed by atoms with Crippen LogP contribution < -0.4 is 15.1 Å². The van der Waals surface area contributed by atoms with Crippen LogP contribution in [0.3, 0.4) is 0 Å². The molecule has 0 unspecified atom stereocenters. The molecule has 1 aliphatic heterocycles. The summed E-state index contributed by atoms with van der Waals surface area (Å²) in [5, 5.41) is 34.9. The number of aromatic carboxylic acids is 1. The van der Waals surface area contributed by atoms with Gasteiger partial charge in [-0.25, -0.2) is 4.79 Å². The van der Waals surface area contributed by atoms with Crippen molar-refractivity contribution in [3.63, 3.8) is 0 Å². The van der Waals surface area contributed by atoms with Crippen molar-refractivity contribution in [3.05, 3.63) is 71.2 Å². The number of nitrogens with zero attached hydrogens (tertiary/aromatic N) is 4. The fourth-order valence-corrected chi connectivity index (χ4v) is 6.97. The second-order valence-corrected chi connectivity index (χ2v) is 15.4. The SMILES string of the molecule is CCCCCCCCCCCCCCCCCC(=O)NC1=NN(c2ccc(Oc3ccccc3)c(S(=O)(=O)O)c2)C(=O)[C@H]1N=Nc1cc(C(=O)O)c(O)cc1Cl. The van der Waals surface area contributed by atoms with Crippen LogP contribution in [0.2, 0.25) is 5.02 Å². The number of azo groups is 1. The highest BCUT2D eigenvalue weighted by Gasteiger charge is 2.39. The number of unbranched alkanes of at least 4 members (excludes halogenated alkanes) is 14. The number of benzene rings is 3. The Morgan fingerprint density at radius 2 is 1.46 bits per heavy atom. The van der Waals surface area contributed by atoms with E-state index in [4.69, 9.17) is 16.3 Å². The van der Waals surface area contributed by atoms with Gasteiger partial charge in [0.25, 0.3) is 16.0 Å². The molecule has 0 bridgehead atoms. The minimum atomic E-state index is -4.87. The first-order valence-corrected chi connectivity index (χ1v) is 20.9. The number of amides is 2. The number of rotatable bonds is 23. The number of aromatic hydroxyl groups is 1. The molecule has 0 spiro atoms. The maximum atomic E-state index is 13.8. The van der Waals surface area contributed by atoms with Crippen LogP contribution in [0.25, 0.3) is 0 Å². The molecule has 2 amide bonds. The summed E-state index contributed by atoms with van der Waals surface area (Å²) in [4.78, 5) is 37.8. The molecule has 16 heteroatoms. The van der Waals surface area contributed by atoms with E-state index in [0.717, 1.165) is 48.9 Å². The van der Waals surface area contributed by atoms with Crippen LogP contribution in [0, 0.1) is 0 Å². The lowest BCUT2D eigenvalue weighted by atomic mass is 10.0. The molecule has 1 heterocycles. The third kappa shape index (κ3) is 13.4. The number of hydrazone groups is 1. The van der Waals surface area contributed by atoms with E-state index in [0.29, 0.717) is 12.2 Å². The number of hydrogen-bond donors (Lipinski definition) is 4. The Balaban J connectivity index is 1.41. The number of nitrogens with one attached hydrogen (secondary N) is 1. The Bertz CT molecular complexity index is 1980. The minimum Gasteiger partial charge on any atom is -0.507 e.